The molecule has 1 aromatic rings. The van der Waals surface area contributed by atoms with E-state index in [-0.39, 0.29) is 5.91 Å². The van der Waals surface area contributed by atoms with Crippen molar-refractivity contribution in [3.05, 3.63) is 17.8 Å². The Morgan fingerprint density at radius 1 is 1.00 bits per heavy atom. The van der Waals surface area contributed by atoms with E-state index >= 15 is 0 Å². The zero-order valence-electron chi connectivity index (χ0n) is 14.7. The number of carbonyl (C=O) groups excluding carboxylic acids is 2. The highest BCUT2D eigenvalue weighted by Crippen LogP contribution is 2.31. The van der Waals surface area contributed by atoms with Crippen LogP contribution in [0.15, 0.2) is 12.1 Å². The Bertz CT molecular complexity index is 644. The van der Waals surface area contributed by atoms with Crippen molar-refractivity contribution in [2.45, 2.75) is 18.6 Å². The van der Waals surface area contributed by atoms with E-state index in [9.17, 15) is 9.59 Å². The summed E-state index contributed by atoms with van der Waals surface area (Å²) in [7, 11) is 0. The van der Waals surface area contributed by atoms with Crippen LogP contribution in [-0.2, 0) is 14.3 Å². The smallest absolute Gasteiger partial charge is 0.274 e. The number of anilines is 1. The Morgan fingerprint density at radius 2 is 1.69 bits per heavy atom. The molecule has 4 rings (SSSR count). The highest BCUT2D eigenvalue weighted by molar-refractivity contribution is 5.92. The lowest BCUT2D eigenvalue weighted by atomic mass is 10.0. The molecule has 3 saturated heterocycles. The molecule has 0 radical (unpaired) electrons. The zero-order chi connectivity index (χ0) is 18.0. The fourth-order valence-corrected chi connectivity index (χ4v) is 3.66. The Hall–Kier alpha value is -2.26. The van der Waals surface area contributed by atoms with Crippen molar-refractivity contribution < 1.29 is 19.1 Å². The Morgan fingerprint density at radius 3 is 2.27 bits per heavy atom. The minimum Gasteiger partial charge on any atom is -0.352 e. The third-order valence-electron chi connectivity index (χ3n) is 5.28. The molecule has 3 aliphatic rings. The maximum absolute atomic E-state index is 12.7. The standard InChI is InChI=1S/C17H23N5O4/c23-13-20-7-9-21(10-8-20)15-2-1-14(18-19-15)16(24)22-5-3-17(4-6-22)25-11-12-26-17/h1-2,13H,3-12H2. The van der Waals surface area contributed by atoms with Gasteiger partial charge in [0.15, 0.2) is 17.3 Å². The van der Waals surface area contributed by atoms with Gasteiger partial charge in [-0.25, -0.2) is 0 Å². The molecule has 26 heavy (non-hydrogen) atoms. The van der Waals surface area contributed by atoms with Crippen molar-refractivity contribution >= 4 is 18.1 Å². The first-order valence-electron chi connectivity index (χ1n) is 9.04. The van der Waals surface area contributed by atoms with E-state index in [4.69, 9.17) is 9.47 Å². The fourth-order valence-electron chi connectivity index (χ4n) is 3.66. The molecule has 2 amide bonds. The van der Waals surface area contributed by atoms with Crippen LogP contribution in [0.5, 0.6) is 0 Å². The first-order chi connectivity index (χ1) is 12.7. The fraction of sp³-hybridized carbons (Fsp3) is 0.647. The lowest BCUT2D eigenvalue weighted by Gasteiger charge is -2.37. The van der Waals surface area contributed by atoms with E-state index in [1.807, 2.05) is 6.07 Å². The first kappa shape index (κ1) is 17.2. The van der Waals surface area contributed by atoms with Crippen LogP contribution in [0.3, 0.4) is 0 Å². The van der Waals surface area contributed by atoms with Crippen LogP contribution in [-0.4, -0.2) is 90.6 Å². The van der Waals surface area contributed by atoms with Crippen molar-refractivity contribution in [3.63, 3.8) is 0 Å². The second kappa shape index (κ2) is 7.16. The number of carbonyl (C=O) groups is 2. The lowest BCUT2D eigenvalue weighted by molar-refractivity contribution is -0.181. The molecule has 3 aliphatic heterocycles. The lowest BCUT2D eigenvalue weighted by Crippen LogP contribution is -2.47. The second-order valence-electron chi connectivity index (χ2n) is 6.81. The number of piperazine rings is 1. The van der Waals surface area contributed by atoms with Crippen LogP contribution >= 0.6 is 0 Å². The highest BCUT2D eigenvalue weighted by atomic mass is 16.7. The minimum absolute atomic E-state index is 0.109. The zero-order valence-corrected chi connectivity index (χ0v) is 14.7. The summed E-state index contributed by atoms with van der Waals surface area (Å²) in [6.45, 7) is 5.22. The maximum Gasteiger partial charge on any atom is 0.274 e. The van der Waals surface area contributed by atoms with Gasteiger partial charge in [-0.2, -0.15) is 0 Å². The number of amides is 2. The average Bonchev–Trinajstić information content (AvgIpc) is 3.16. The first-order valence-corrected chi connectivity index (χ1v) is 9.04. The van der Waals surface area contributed by atoms with Crippen LogP contribution < -0.4 is 4.90 Å². The molecule has 9 nitrogen and oxygen atoms in total. The molecule has 9 heteroatoms. The summed E-state index contributed by atoms with van der Waals surface area (Å²) in [4.78, 5) is 29.0. The maximum atomic E-state index is 12.7. The summed E-state index contributed by atoms with van der Waals surface area (Å²) < 4.78 is 11.4. The number of nitrogens with zero attached hydrogens (tertiary/aromatic N) is 5. The van der Waals surface area contributed by atoms with Gasteiger partial charge in [0.2, 0.25) is 6.41 Å². The third-order valence-corrected chi connectivity index (χ3v) is 5.28. The number of piperidine rings is 1. The number of ether oxygens (including phenoxy) is 2. The van der Waals surface area contributed by atoms with Gasteiger partial charge in [0.1, 0.15) is 0 Å². The van der Waals surface area contributed by atoms with E-state index in [2.05, 4.69) is 15.1 Å². The van der Waals surface area contributed by atoms with E-state index in [0.29, 0.717) is 57.9 Å². The van der Waals surface area contributed by atoms with Crippen LogP contribution in [0.25, 0.3) is 0 Å². The van der Waals surface area contributed by atoms with E-state index in [1.54, 1.807) is 15.9 Å². The molecule has 140 valence electrons. The van der Waals surface area contributed by atoms with Gasteiger partial charge in [-0.3, -0.25) is 9.59 Å². The quantitative estimate of drug-likeness (QED) is 0.685. The van der Waals surface area contributed by atoms with Crippen LogP contribution in [0.1, 0.15) is 23.3 Å². The van der Waals surface area contributed by atoms with Crippen molar-refractivity contribution in [2.75, 3.05) is 57.4 Å². The second-order valence-corrected chi connectivity index (χ2v) is 6.81. The molecule has 0 aromatic carbocycles. The number of aromatic nitrogens is 2. The molecular formula is C17H23N5O4. The average molecular weight is 361 g/mol. The van der Waals surface area contributed by atoms with Crippen molar-refractivity contribution in [3.8, 4) is 0 Å². The normalized spacial score (nSPS) is 22.7. The molecule has 0 unspecified atom stereocenters. The summed E-state index contributed by atoms with van der Waals surface area (Å²) >= 11 is 0. The molecule has 0 atom stereocenters. The van der Waals surface area contributed by atoms with Gasteiger partial charge in [0.05, 0.1) is 13.2 Å². The summed E-state index contributed by atoms with van der Waals surface area (Å²) in [6, 6.07) is 3.55. The van der Waals surface area contributed by atoms with Crippen LogP contribution in [0.4, 0.5) is 5.82 Å². The molecule has 4 heterocycles. The largest absolute Gasteiger partial charge is 0.352 e. The van der Waals surface area contributed by atoms with E-state index in [0.717, 1.165) is 25.3 Å². The SMILES string of the molecule is O=CN1CCN(c2ccc(C(=O)N3CCC4(CC3)OCCO4)nn2)CC1. The molecule has 3 fully saturated rings. The number of likely N-dealkylation sites (tertiary alicyclic amines) is 1. The van der Waals surface area contributed by atoms with Crippen molar-refractivity contribution in [1.82, 2.24) is 20.0 Å². The Labute approximate surface area is 151 Å². The Kier molecular flexibility index (Phi) is 4.73. The van der Waals surface area contributed by atoms with Gasteiger partial charge in [-0.05, 0) is 12.1 Å². The molecule has 0 N–H and O–H groups in total. The summed E-state index contributed by atoms with van der Waals surface area (Å²) in [5.41, 5.74) is 0.351. The van der Waals surface area contributed by atoms with E-state index in [1.165, 1.54) is 0 Å². The summed E-state index contributed by atoms with van der Waals surface area (Å²) in [5, 5.41) is 8.34. The third kappa shape index (κ3) is 3.36. The van der Waals surface area contributed by atoms with Crippen molar-refractivity contribution in [2.24, 2.45) is 0 Å². The number of hydrogen-bond donors (Lipinski definition) is 0. The van der Waals surface area contributed by atoms with E-state index < -0.39 is 5.79 Å². The van der Waals surface area contributed by atoms with Gasteiger partial charge in [-0.1, -0.05) is 0 Å². The Balaban J connectivity index is 1.35. The highest BCUT2D eigenvalue weighted by Gasteiger charge is 2.41. The molecule has 0 bridgehead atoms. The predicted octanol–water partition coefficient (Wildman–Crippen LogP) is -0.266. The topological polar surface area (TPSA) is 88.1 Å². The van der Waals surface area contributed by atoms with Crippen LogP contribution in [0, 0.1) is 0 Å². The molecule has 0 saturated carbocycles. The number of rotatable bonds is 3. The van der Waals surface area contributed by atoms with Crippen LogP contribution in [0.2, 0.25) is 0 Å². The molecule has 0 aliphatic carbocycles. The van der Waals surface area contributed by atoms with Gasteiger partial charge in [-0.15, -0.1) is 10.2 Å². The van der Waals surface area contributed by atoms with Gasteiger partial charge < -0.3 is 24.2 Å². The molecule has 1 aromatic heterocycles. The van der Waals surface area contributed by atoms with Gasteiger partial charge in [0.25, 0.3) is 5.91 Å². The molecular weight excluding hydrogens is 338 g/mol. The van der Waals surface area contributed by atoms with Crippen molar-refractivity contribution in [1.29, 1.82) is 0 Å². The van der Waals surface area contributed by atoms with Gasteiger partial charge >= 0.3 is 0 Å². The minimum atomic E-state index is -0.490. The monoisotopic (exact) mass is 361 g/mol. The van der Waals surface area contributed by atoms with Gasteiger partial charge in [0, 0.05) is 52.1 Å². The predicted molar refractivity (Wildman–Crippen MR) is 91.7 cm³/mol. The molecule has 1 spiro atoms. The summed E-state index contributed by atoms with van der Waals surface area (Å²) in [5.74, 6) is 0.135. The summed E-state index contributed by atoms with van der Waals surface area (Å²) in [6.07, 6.45) is 2.24. The number of hydrogen-bond acceptors (Lipinski definition) is 7.